The molecule has 1 N–H and O–H groups in total. The third-order valence-electron chi connectivity index (χ3n) is 2.98. The summed E-state index contributed by atoms with van der Waals surface area (Å²) in [6, 6.07) is 4.50. The Balaban J connectivity index is 2.25. The van der Waals surface area contributed by atoms with Crippen LogP contribution in [0.3, 0.4) is 0 Å². The summed E-state index contributed by atoms with van der Waals surface area (Å²) in [5.74, 6) is -0.760. The Morgan fingerprint density at radius 1 is 1.59 bits per heavy atom. The number of carbonyl (C=O) groups excluding carboxylic acids is 1. The Kier molecular flexibility index (Phi) is 3.64. The highest BCUT2D eigenvalue weighted by Gasteiger charge is 2.29. The topological polar surface area (TPSA) is 32.3 Å². The van der Waals surface area contributed by atoms with Crippen LogP contribution in [0.15, 0.2) is 18.2 Å². The van der Waals surface area contributed by atoms with Gasteiger partial charge in [0, 0.05) is 19.6 Å². The minimum absolute atomic E-state index is 0.0942. The van der Waals surface area contributed by atoms with Crippen molar-refractivity contribution in [1.82, 2.24) is 10.2 Å². The van der Waals surface area contributed by atoms with E-state index in [2.05, 4.69) is 5.32 Å². The summed E-state index contributed by atoms with van der Waals surface area (Å²) in [5.41, 5.74) is 0.236. The molecule has 5 heteroatoms. The minimum Gasteiger partial charge on any atom is -0.333 e. The number of nitrogens with one attached hydrogen (secondary N) is 1. The molecule has 92 valence electrons. The molecule has 0 unspecified atom stereocenters. The molecule has 1 fully saturated rings. The van der Waals surface area contributed by atoms with Gasteiger partial charge in [0.25, 0.3) is 5.91 Å². The molecular weight excluding hydrogens is 243 g/mol. The van der Waals surface area contributed by atoms with Gasteiger partial charge in [-0.2, -0.15) is 0 Å². The number of hydrogen-bond acceptors (Lipinski definition) is 2. The predicted octanol–water partition coefficient (Wildman–Crippen LogP) is 1.91. The molecule has 0 bridgehead atoms. The molecule has 1 saturated heterocycles. The van der Waals surface area contributed by atoms with Gasteiger partial charge in [0.2, 0.25) is 0 Å². The zero-order valence-electron chi connectivity index (χ0n) is 9.54. The van der Waals surface area contributed by atoms with Crippen LogP contribution in [0, 0.1) is 5.82 Å². The highest BCUT2D eigenvalue weighted by Crippen LogP contribution is 2.22. The first kappa shape index (κ1) is 12.3. The Hall–Kier alpha value is -1.13. The quantitative estimate of drug-likeness (QED) is 0.896. The first-order valence-corrected chi connectivity index (χ1v) is 5.98. The van der Waals surface area contributed by atoms with Crippen LogP contribution in [0.5, 0.6) is 0 Å². The van der Waals surface area contributed by atoms with E-state index in [4.69, 9.17) is 11.6 Å². The van der Waals surface area contributed by atoms with E-state index in [0.717, 1.165) is 13.1 Å². The van der Waals surface area contributed by atoms with Gasteiger partial charge in [-0.25, -0.2) is 4.39 Å². The standard InChI is InChI=1S/C12H14ClFN2O/c1-2-16(8-6-15-7-8)12(17)9-4-3-5-10(14)11(9)13/h3-5,8,15H,2,6-7H2,1H3. The summed E-state index contributed by atoms with van der Waals surface area (Å²) in [4.78, 5) is 13.9. The molecule has 1 aliphatic rings. The average Bonchev–Trinajstić information content (AvgIpc) is 2.26. The van der Waals surface area contributed by atoms with E-state index in [9.17, 15) is 9.18 Å². The molecule has 0 aromatic heterocycles. The second kappa shape index (κ2) is 5.02. The molecule has 0 aliphatic carbocycles. The summed E-state index contributed by atoms with van der Waals surface area (Å²) in [6.07, 6.45) is 0. The third kappa shape index (κ3) is 2.28. The molecule has 1 amide bonds. The molecule has 3 nitrogen and oxygen atoms in total. The lowest BCUT2D eigenvalue weighted by Gasteiger charge is -2.37. The van der Waals surface area contributed by atoms with Crippen LogP contribution in [0.4, 0.5) is 4.39 Å². The summed E-state index contributed by atoms with van der Waals surface area (Å²) >= 11 is 5.82. The average molecular weight is 257 g/mol. The van der Waals surface area contributed by atoms with Gasteiger partial charge in [-0.05, 0) is 19.1 Å². The van der Waals surface area contributed by atoms with Crippen LogP contribution in [-0.2, 0) is 0 Å². The van der Waals surface area contributed by atoms with E-state index in [1.807, 2.05) is 6.92 Å². The molecule has 1 aliphatic heterocycles. The van der Waals surface area contributed by atoms with Gasteiger partial charge >= 0.3 is 0 Å². The SMILES string of the molecule is CCN(C(=O)c1cccc(F)c1Cl)C1CNC1. The minimum atomic E-state index is -0.555. The second-order valence-corrected chi connectivity index (χ2v) is 4.38. The van der Waals surface area contributed by atoms with Crippen molar-refractivity contribution in [3.8, 4) is 0 Å². The maximum Gasteiger partial charge on any atom is 0.255 e. The number of hydrogen-bond donors (Lipinski definition) is 1. The molecule has 0 atom stereocenters. The van der Waals surface area contributed by atoms with Crippen molar-refractivity contribution < 1.29 is 9.18 Å². The smallest absolute Gasteiger partial charge is 0.255 e. The fourth-order valence-corrected chi connectivity index (χ4v) is 2.09. The number of halogens is 2. The number of amides is 1. The first-order chi connectivity index (χ1) is 8.15. The Bertz CT molecular complexity index is 435. The fourth-order valence-electron chi connectivity index (χ4n) is 1.89. The zero-order valence-corrected chi connectivity index (χ0v) is 10.3. The Morgan fingerprint density at radius 2 is 2.29 bits per heavy atom. The monoisotopic (exact) mass is 256 g/mol. The number of rotatable bonds is 3. The molecule has 0 radical (unpaired) electrons. The molecule has 2 rings (SSSR count). The van der Waals surface area contributed by atoms with E-state index < -0.39 is 5.82 Å². The van der Waals surface area contributed by atoms with Gasteiger partial charge in [0.15, 0.2) is 0 Å². The van der Waals surface area contributed by atoms with E-state index >= 15 is 0 Å². The van der Waals surface area contributed by atoms with Crippen LogP contribution < -0.4 is 5.32 Å². The lowest BCUT2D eigenvalue weighted by molar-refractivity contribution is 0.0630. The maximum atomic E-state index is 13.3. The largest absolute Gasteiger partial charge is 0.333 e. The summed E-state index contributed by atoms with van der Waals surface area (Å²) in [5, 5.41) is 3.01. The van der Waals surface area contributed by atoms with Gasteiger partial charge in [-0.1, -0.05) is 17.7 Å². The van der Waals surface area contributed by atoms with Crippen molar-refractivity contribution in [2.75, 3.05) is 19.6 Å². The van der Waals surface area contributed by atoms with Crippen LogP contribution in [0.25, 0.3) is 0 Å². The van der Waals surface area contributed by atoms with Crippen LogP contribution in [-0.4, -0.2) is 36.5 Å². The van der Waals surface area contributed by atoms with Crippen molar-refractivity contribution in [3.63, 3.8) is 0 Å². The van der Waals surface area contributed by atoms with Crippen molar-refractivity contribution in [1.29, 1.82) is 0 Å². The molecule has 1 aromatic rings. The van der Waals surface area contributed by atoms with E-state index in [-0.39, 0.29) is 22.5 Å². The van der Waals surface area contributed by atoms with Crippen LogP contribution >= 0.6 is 11.6 Å². The predicted molar refractivity (Wildman–Crippen MR) is 64.8 cm³/mol. The van der Waals surface area contributed by atoms with Crippen molar-refractivity contribution in [3.05, 3.63) is 34.6 Å². The van der Waals surface area contributed by atoms with Crippen molar-refractivity contribution in [2.45, 2.75) is 13.0 Å². The number of carbonyl (C=O) groups is 1. The number of nitrogens with zero attached hydrogens (tertiary/aromatic N) is 1. The molecule has 17 heavy (non-hydrogen) atoms. The highest BCUT2D eigenvalue weighted by atomic mass is 35.5. The van der Waals surface area contributed by atoms with E-state index in [1.165, 1.54) is 12.1 Å². The van der Waals surface area contributed by atoms with Crippen LogP contribution in [0.2, 0.25) is 5.02 Å². The Labute approximate surface area is 105 Å². The lowest BCUT2D eigenvalue weighted by atomic mass is 10.1. The summed E-state index contributed by atoms with van der Waals surface area (Å²) < 4.78 is 13.3. The van der Waals surface area contributed by atoms with Crippen molar-refractivity contribution >= 4 is 17.5 Å². The number of benzene rings is 1. The van der Waals surface area contributed by atoms with Gasteiger partial charge in [0.05, 0.1) is 16.6 Å². The lowest BCUT2D eigenvalue weighted by Crippen LogP contribution is -2.58. The van der Waals surface area contributed by atoms with E-state index in [1.54, 1.807) is 11.0 Å². The fraction of sp³-hybridized carbons (Fsp3) is 0.417. The second-order valence-electron chi connectivity index (χ2n) is 4.00. The summed E-state index contributed by atoms with van der Waals surface area (Å²) in [6.45, 7) is 4.07. The summed E-state index contributed by atoms with van der Waals surface area (Å²) in [7, 11) is 0. The number of likely N-dealkylation sites (N-methyl/N-ethyl adjacent to an activating group) is 1. The molecule has 1 heterocycles. The van der Waals surface area contributed by atoms with Gasteiger partial charge < -0.3 is 10.2 Å². The van der Waals surface area contributed by atoms with Crippen molar-refractivity contribution in [2.24, 2.45) is 0 Å². The maximum absolute atomic E-state index is 13.3. The zero-order chi connectivity index (χ0) is 12.4. The van der Waals surface area contributed by atoms with Crippen LogP contribution in [0.1, 0.15) is 17.3 Å². The van der Waals surface area contributed by atoms with Gasteiger partial charge in [-0.3, -0.25) is 4.79 Å². The highest BCUT2D eigenvalue weighted by molar-refractivity contribution is 6.34. The normalized spacial score (nSPS) is 15.5. The van der Waals surface area contributed by atoms with Gasteiger partial charge in [0.1, 0.15) is 5.82 Å². The molecular formula is C12H14ClFN2O. The molecule has 1 aromatic carbocycles. The Morgan fingerprint density at radius 3 is 2.82 bits per heavy atom. The van der Waals surface area contributed by atoms with E-state index in [0.29, 0.717) is 6.54 Å². The van der Waals surface area contributed by atoms with Gasteiger partial charge in [-0.15, -0.1) is 0 Å². The molecule has 0 saturated carbocycles. The molecule has 0 spiro atoms. The third-order valence-corrected chi connectivity index (χ3v) is 3.37. The first-order valence-electron chi connectivity index (χ1n) is 5.60.